The number of nitrogens with one attached hydrogen (secondary N) is 1. The van der Waals surface area contributed by atoms with E-state index in [0.717, 1.165) is 37.0 Å². The number of rotatable bonds is 1. The average Bonchev–Trinajstić information content (AvgIpc) is 3.02. The number of pyridine rings is 1. The number of benzene rings is 1. The lowest BCUT2D eigenvalue weighted by atomic mass is 9.95. The molecule has 1 aromatic carbocycles. The Morgan fingerprint density at radius 2 is 2.10 bits per heavy atom. The molecule has 3 nitrogen and oxygen atoms in total. The third-order valence-corrected chi connectivity index (χ3v) is 5.09. The molecule has 104 valence electrons. The molecule has 20 heavy (non-hydrogen) atoms. The van der Waals surface area contributed by atoms with Crippen LogP contribution in [0.15, 0.2) is 30.3 Å². The van der Waals surface area contributed by atoms with Crippen LogP contribution in [0.2, 0.25) is 0 Å². The summed E-state index contributed by atoms with van der Waals surface area (Å²) >= 11 is 0. The second-order valence-electron chi connectivity index (χ2n) is 6.30. The van der Waals surface area contributed by atoms with Crippen molar-refractivity contribution in [3.05, 3.63) is 35.9 Å². The summed E-state index contributed by atoms with van der Waals surface area (Å²) in [4.78, 5) is 7.47. The number of hydrogen-bond acceptors (Lipinski definition) is 3. The average molecular weight is 267 g/mol. The van der Waals surface area contributed by atoms with E-state index in [1.165, 1.54) is 16.8 Å². The van der Waals surface area contributed by atoms with Crippen LogP contribution in [0.1, 0.15) is 12.5 Å². The van der Waals surface area contributed by atoms with Crippen LogP contribution in [-0.2, 0) is 0 Å². The lowest BCUT2D eigenvalue weighted by molar-refractivity contribution is 0.471. The largest absolute Gasteiger partial charge is 0.353 e. The van der Waals surface area contributed by atoms with Gasteiger partial charge in [-0.15, -0.1) is 0 Å². The lowest BCUT2D eigenvalue weighted by Gasteiger charge is -2.27. The van der Waals surface area contributed by atoms with Gasteiger partial charge in [0.1, 0.15) is 5.82 Å². The van der Waals surface area contributed by atoms with Crippen molar-refractivity contribution in [2.24, 2.45) is 11.8 Å². The summed E-state index contributed by atoms with van der Waals surface area (Å²) in [5, 5.41) is 4.76. The maximum Gasteiger partial charge on any atom is 0.132 e. The molecule has 0 spiro atoms. The number of aryl methyl sites for hydroxylation is 1. The van der Waals surface area contributed by atoms with Crippen LogP contribution in [0.25, 0.3) is 10.9 Å². The standard InChI is InChI=1S/C17H21N3/c1-11-7-13-5-3-4-6-16(13)19-17(11)20-10-14-8-18-9-15(14)12(20)2/h3-7,12,14-15,18H,8-10H2,1-2H3. The summed E-state index contributed by atoms with van der Waals surface area (Å²) in [6.07, 6.45) is 0. The van der Waals surface area contributed by atoms with Crippen molar-refractivity contribution in [3.63, 3.8) is 0 Å². The van der Waals surface area contributed by atoms with Crippen LogP contribution in [0.5, 0.6) is 0 Å². The molecule has 1 aromatic heterocycles. The zero-order valence-electron chi connectivity index (χ0n) is 12.1. The number of para-hydroxylation sites is 1. The molecule has 3 heteroatoms. The van der Waals surface area contributed by atoms with Crippen LogP contribution in [0.3, 0.4) is 0 Å². The first-order valence-corrected chi connectivity index (χ1v) is 7.58. The van der Waals surface area contributed by atoms with Gasteiger partial charge < -0.3 is 10.2 Å². The Bertz CT molecular complexity index is 652. The van der Waals surface area contributed by atoms with E-state index in [-0.39, 0.29) is 0 Å². The summed E-state index contributed by atoms with van der Waals surface area (Å²) in [7, 11) is 0. The van der Waals surface area contributed by atoms with Crippen molar-refractivity contribution in [2.75, 3.05) is 24.5 Å². The number of anilines is 1. The zero-order valence-corrected chi connectivity index (χ0v) is 12.1. The van der Waals surface area contributed by atoms with Crippen molar-refractivity contribution >= 4 is 16.7 Å². The molecule has 3 unspecified atom stereocenters. The SMILES string of the molecule is Cc1cc2ccccc2nc1N1CC2CNCC2C1C. The van der Waals surface area contributed by atoms with Gasteiger partial charge in [-0.1, -0.05) is 18.2 Å². The minimum Gasteiger partial charge on any atom is -0.353 e. The lowest BCUT2D eigenvalue weighted by Crippen LogP contribution is -2.34. The summed E-state index contributed by atoms with van der Waals surface area (Å²) in [6, 6.07) is 11.3. The van der Waals surface area contributed by atoms with Crippen molar-refractivity contribution < 1.29 is 0 Å². The van der Waals surface area contributed by atoms with E-state index in [1.807, 2.05) is 0 Å². The molecule has 4 rings (SSSR count). The topological polar surface area (TPSA) is 28.2 Å². The monoisotopic (exact) mass is 267 g/mol. The maximum absolute atomic E-state index is 4.94. The fraction of sp³-hybridized carbons (Fsp3) is 0.471. The van der Waals surface area contributed by atoms with E-state index in [0.29, 0.717) is 6.04 Å². The highest BCUT2D eigenvalue weighted by molar-refractivity contribution is 5.81. The van der Waals surface area contributed by atoms with E-state index in [9.17, 15) is 0 Å². The van der Waals surface area contributed by atoms with Gasteiger partial charge in [0, 0.05) is 31.1 Å². The van der Waals surface area contributed by atoms with Crippen molar-refractivity contribution in [1.82, 2.24) is 10.3 Å². The number of hydrogen-bond donors (Lipinski definition) is 1. The molecule has 3 atom stereocenters. The molecule has 0 amide bonds. The molecule has 0 bridgehead atoms. The highest BCUT2D eigenvalue weighted by atomic mass is 15.3. The molecule has 2 aliphatic heterocycles. The molecule has 2 aliphatic rings. The number of fused-ring (bicyclic) bond motifs is 2. The van der Waals surface area contributed by atoms with E-state index in [1.54, 1.807) is 0 Å². The van der Waals surface area contributed by atoms with Gasteiger partial charge in [0.25, 0.3) is 0 Å². The molecular weight excluding hydrogens is 246 g/mol. The number of nitrogens with zero attached hydrogens (tertiary/aromatic N) is 2. The Morgan fingerprint density at radius 3 is 2.95 bits per heavy atom. The van der Waals surface area contributed by atoms with Gasteiger partial charge in [0.2, 0.25) is 0 Å². The van der Waals surface area contributed by atoms with E-state index < -0.39 is 0 Å². The summed E-state index contributed by atoms with van der Waals surface area (Å²) in [6.45, 7) is 8.01. The van der Waals surface area contributed by atoms with Gasteiger partial charge in [-0.25, -0.2) is 4.98 Å². The predicted molar refractivity (Wildman–Crippen MR) is 83.1 cm³/mol. The molecular formula is C17H21N3. The van der Waals surface area contributed by atoms with Crippen LogP contribution in [-0.4, -0.2) is 30.7 Å². The fourth-order valence-electron chi connectivity index (χ4n) is 3.95. The van der Waals surface area contributed by atoms with Crippen LogP contribution >= 0.6 is 0 Å². The van der Waals surface area contributed by atoms with E-state index in [4.69, 9.17) is 4.98 Å². The molecule has 3 heterocycles. The Kier molecular flexibility index (Phi) is 2.71. The highest BCUT2D eigenvalue weighted by Gasteiger charge is 2.42. The molecule has 0 radical (unpaired) electrons. The highest BCUT2D eigenvalue weighted by Crippen LogP contribution is 2.36. The van der Waals surface area contributed by atoms with Crippen molar-refractivity contribution in [3.8, 4) is 0 Å². The first-order chi connectivity index (χ1) is 9.74. The van der Waals surface area contributed by atoms with Crippen LogP contribution in [0.4, 0.5) is 5.82 Å². The van der Waals surface area contributed by atoms with Crippen molar-refractivity contribution in [2.45, 2.75) is 19.9 Å². The Labute approximate surface area is 120 Å². The van der Waals surface area contributed by atoms with Gasteiger partial charge in [0.15, 0.2) is 0 Å². The molecule has 0 aliphatic carbocycles. The van der Waals surface area contributed by atoms with Gasteiger partial charge >= 0.3 is 0 Å². The number of aromatic nitrogens is 1. The Morgan fingerprint density at radius 1 is 1.25 bits per heavy atom. The third-order valence-electron chi connectivity index (χ3n) is 5.09. The molecule has 2 aromatic rings. The van der Waals surface area contributed by atoms with Gasteiger partial charge in [-0.2, -0.15) is 0 Å². The van der Waals surface area contributed by atoms with Gasteiger partial charge in [-0.05, 0) is 43.4 Å². The summed E-state index contributed by atoms with van der Waals surface area (Å²) < 4.78 is 0. The summed E-state index contributed by atoms with van der Waals surface area (Å²) in [5.41, 5.74) is 2.40. The van der Waals surface area contributed by atoms with Crippen molar-refractivity contribution in [1.29, 1.82) is 0 Å². The molecule has 1 N–H and O–H groups in total. The van der Waals surface area contributed by atoms with Crippen LogP contribution in [0, 0.1) is 18.8 Å². The first-order valence-electron chi connectivity index (χ1n) is 7.58. The second-order valence-corrected chi connectivity index (χ2v) is 6.30. The van der Waals surface area contributed by atoms with Gasteiger partial charge in [0.05, 0.1) is 5.52 Å². The molecule has 0 saturated carbocycles. The van der Waals surface area contributed by atoms with Crippen LogP contribution < -0.4 is 10.2 Å². The normalized spacial score (nSPS) is 29.1. The Balaban J connectivity index is 1.77. The Hall–Kier alpha value is -1.61. The van der Waals surface area contributed by atoms with E-state index in [2.05, 4.69) is 54.4 Å². The van der Waals surface area contributed by atoms with E-state index >= 15 is 0 Å². The maximum atomic E-state index is 4.94. The smallest absolute Gasteiger partial charge is 0.132 e. The summed E-state index contributed by atoms with van der Waals surface area (Å²) in [5.74, 6) is 2.76. The molecule has 2 saturated heterocycles. The third kappa shape index (κ3) is 1.73. The second kappa shape index (κ2) is 4.45. The first kappa shape index (κ1) is 12.2. The fourth-order valence-corrected chi connectivity index (χ4v) is 3.95. The predicted octanol–water partition coefficient (Wildman–Crippen LogP) is 2.59. The quantitative estimate of drug-likeness (QED) is 0.861. The molecule has 2 fully saturated rings. The minimum atomic E-state index is 0.586. The minimum absolute atomic E-state index is 0.586. The zero-order chi connectivity index (χ0) is 13.7. The van der Waals surface area contributed by atoms with Gasteiger partial charge in [-0.3, -0.25) is 0 Å².